The Kier molecular flexibility index (Phi) is 5.30. The number of nitrogens with one attached hydrogen (secondary N) is 1. The highest BCUT2D eigenvalue weighted by molar-refractivity contribution is 6.32. The van der Waals surface area contributed by atoms with Gasteiger partial charge in [-0.25, -0.2) is 0 Å². The zero-order chi connectivity index (χ0) is 18.6. The van der Waals surface area contributed by atoms with E-state index >= 15 is 0 Å². The lowest BCUT2D eigenvalue weighted by molar-refractivity contribution is 0.306. The van der Waals surface area contributed by atoms with Gasteiger partial charge in [0.25, 0.3) is 5.89 Å². The summed E-state index contributed by atoms with van der Waals surface area (Å²) in [7, 11) is 0. The van der Waals surface area contributed by atoms with E-state index in [-0.39, 0.29) is 0 Å². The Balaban J connectivity index is 1.50. The van der Waals surface area contributed by atoms with Crippen molar-refractivity contribution in [2.24, 2.45) is 0 Å². The third-order valence-corrected chi connectivity index (χ3v) is 4.98. The van der Waals surface area contributed by atoms with Gasteiger partial charge in [0.1, 0.15) is 5.75 Å². The molecular formula is C21H22ClN3O2. The smallest absolute Gasteiger partial charge is 0.258 e. The number of benzene rings is 2. The Bertz CT molecular complexity index is 939. The minimum absolute atomic E-state index is 0.447. The van der Waals surface area contributed by atoms with Gasteiger partial charge in [0, 0.05) is 23.4 Å². The van der Waals surface area contributed by atoms with E-state index in [9.17, 15) is 0 Å². The van der Waals surface area contributed by atoms with Crippen LogP contribution in [-0.4, -0.2) is 23.3 Å². The van der Waals surface area contributed by atoms with Crippen LogP contribution >= 0.6 is 11.6 Å². The Labute approximate surface area is 163 Å². The van der Waals surface area contributed by atoms with Gasteiger partial charge in [0.2, 0.25) is 5.82 Å². The lowest BCUT2D eigenvalue weighted by atomic mass is 10.1. The highest BCUT2D eigenvalue weighted by Crippen LogP contribution is 2.32. The predicted octanol–water partition coefficient (Wildman–Crippen LogP) is 5.59. The summed E-state index contributed by atoms with van der Waals surface area (Å²) in [5, 5.41) is 8.03. The number of hydrogen-bond acceptors (Lipinski definition) is 5. The number of nitrogens with zero attached hydrogens (tertiary/aromatic N) is 2. The molecule has 0 aliphatic carbocycles. The molecule has 2 aromatic carbocycles. The maximum absolute atomic E-state index is 6.36. The Morgan fingerprint density at radius 2 is 2.04 bits per heavy atom. The second kappa shape index (κ2) is 8.01. The molecular weight excluding hydrogens is 362 g/mol. The average molecular weight is 384 g/mol. The van der Waals surface area contributed by atoms with E-state index in [1.165, 1.54) is 11.3 Å². The molecule has 0 radical (unpaired) electrons. The van der Waals surface area contributed by atoms with Gasteiger partial charge < -0.3 is 14.6 Å². The van der Waals surface area contributed by atoms with Crippen LogP contribution in [0.3, 0.4) is 0 Å². The Hall–Kier alpha value is -2.53. The van der Waals surface area contributed by atoms with E-state index < -0.39 is 0 Å². The van der Waals surface area contributed by atoms with Gasteiger partial charge in [-0.05, 0) is 54.8 Å². The number of fused-ring (bicyclic) bond motifs is 1. The fraction of sp³-hybridized carbons (Fsp3) is 0.333. The molecule has 27 heavy (non-hydrogen) atoms. The summed E-state index contributed by atoms with van der Waals surface area (Å²) >= 11 is 6.36. The summed E-state index contributed by atoms with van der Waals surface area (Å²) in [4.78, 5) is 4.54. The first-order chi connectivity index (χ1) is 13.2. The molecule has 1 aromatic heterocycles. The van der Waals surface area contributed by atoms with Crippen LogP contribution in [0.15, 0.2) is 40.9 Å². The molecule has 0 fully saturated rings. The molecule has 2 heterocycles. The maximum Gasteiger partial charge on any atom is 0.258 e. The van der Waals surface area contributed by atoms with Crippen molar-refractivity contribution in [3.63, 3.8) is 0 Å². The predicted molar refractivity (Wildman–Crippen MR) is 107 cm³/mol. The molecule has 1 aliphatic heterocycles. The third-order valence-electron chi connectivity index (χ3n) is 4.68. The fourth-order valence-electron chi connectivity index (χ4n) is 3.19. The molecule has 3 aromatic rings. The minimum atomic E-state index is 0.447. The SMILES string of the molecule is CCCCCOc1ccc(-c2nc(-c3ccc4c(c3)CCN4)no2)cc1Cl. The molecule has 0 saturated heterocycles. The number of rotatable bonds is 7. The van der Waals surface area contributed by atoms with Gasteiger partial charge in [-0.2, -0.15) is 4.98 Å². The molecule has 6 heteroatoms. The summed E-state index contributed by atoms with van der Waals surface area (Å²) in [6, 6.07) is 11.7. The molecule has 0 unspecified atom stereocenters. The monoisotopic (exact) mass is 383 g/mol. The quantitative estimate of drug-likeness (QED) is 0.538. The zero-order valence-electron chi connectivity index (χ0n) is 15.3. The molecule has 4 rings (SSSR count). The number of halogens is 1. The molecule has 0 bridgehead atoms. The number of hydrogen-bond donors (Lipinski definition) is 1. The van der Waals surface area contributed by atoms with Crippen molar-refractivity contribution < 1.29 is 9.26 Å². The molecule has 0 spiro atoms. The van der Waals surface area contributed by atoms with Crippen molar-refractivity contribution in [2.45, 2.75) is 32.6 Å². The van der Waals surface area contributed by atoms with Crippen LogP contribution in [-0.2, 0) is 6.42 Å². The van der Waals surface area contributed by atoms with E-state index in [1.807, 2.05) is 18.2 Å². The number of unbranched alkanes of at least 4 members (excludes halogenated alkanes) is 2. The van der Waals surface area contributed by atoms with Gasteiger partial charge in [-0.15, -0.1) is 0 Å². The van der Waals surface area contributed by atoms with E-state index in [0.29, 0.717) is 29.1 Å². The van der Waals surface area contributed by atoms with Crippen LogP contribution in [0.2, 0.25) is 5.02 Å². The summed E-state index contributed by atoms with van der Waals surface area (Å²) < 4.78 is 11.2. The number of anilines is 1. The first-order valence-electron chi connectivity index (χ1n) is 9.38. The summed E-state index contributed by atoms with van der Waals surface area (Å²) in [6.07, 6.45) is 4.36. The van der Waals surface area contributed by atoms with Crippen LogP contribution in [0.4, 0.5) is 5.69 Å². The zero-order valence-corrected chi connectivity index (χ0v) is 16.1. The van der Waals surface area contributed by atoms with Crippen LogP contribution in [0.5, 0.6) is 5.75 Å². The number of aromatic nitrogens is 2. The molecule has 1 N–H and O–H groups in total. The maximum atomic E-state index is 6.36. The fourth-order valence-corrected chi connectivity index (χ4v) is 3.42. The standard InChI is InChI=1S/C21H22ClN3O2/c1-2-3-4-11-26-19-8-6-16(13-17(19)22)21-24-20(25-27-21)15-5-7-18-14(12-15)9-10-23-18/h5-8,12-13,23H,2-4,9-11H2,1H3. The van der Waals surface area contributed by atoms with E-state index in [1.54, 1.807) is 6.07 Å². The lowest BCUT2D eigenvalue weighted by Crippen LogP contribution is -1.97. The highest BCUT2D eigenvalue weighted by atomic mass is 35.5. The summed E-state index contributed by atoms with van der Waals surface area (Å²) in [6.45, 7) is 3.81. The van der Waals surface area contributed by atoms with Crippen LogP contribution in [0.1, 0.15) is 31.7 Å². The topological polar surface area (TPSA) is 60.2 Å². The van der Waals surface area contributed by atoms with Gasteiger partial charge >= 0.3 is 0 Å². The van der Waals surface area contributed by atoms with Crippen LogP contribution in [0, 0.1) is 0 Å². The van der Waals surface area contributed by atoms with E-state index in [4.69, 9.17) is 20.9 Å². The molecule has 1 aliphatic rings. The van der Waals surface area contributed by atoms with Crippen molar-refractivity contribution in [3.8, 4) is 28.6 Å². The second-order valence-electron chi connectivity index (χ2n) is 6.67. The number of ether oxygens (including phenoxy) is 1. The van der Waals surface area contributed by atoms with Crippen molar-refractivity contribution in [1.82, 2.24) is 10.1 Å². The normalized spacial score (nSPS) is 12.7. The molecule has 0 saturated carbocycles. The van der Waals surface area contributed by atoms with E-state index in [0.717, 1.165) is 43.4 Å². The van der Waals surface area contributed by atoms with Gasteiger partial charge in [-0.1, -0.05) is 36.5 Å². The lowest BCUT2D eigenvalue weighted by Gasteiger charge is -2.08. The summed E-state index contributed by atoms with van der Waals surface area (Å²) in [5.74, 6) is 1.71. The third kappa shape index (κ3) is 3.93. The van der Waals surface area contributed by atoms with Gasteiger partial charge in [0.05, 0.1) is 11.6 Å². The van der Waals surface area contributed by atoms with Crippen LogP contribution in [0.25, 0.3) is 22.8 Å². The van der Waals surface area contributed by atoms with Crippen molar-refractivity contribution in [1.29, 1.82) is 0 Å². The largest absolute Gasteiger partial charge is 0.492 e. The minimum Gasteiger partial charge on any atom is -0.492 e. The van der Waals surface area contributed by atoms with Gasteiger partial charge in [0.15, 0.2) is 0 Å². The Morgan fingerprint density at radius 3 is 2.89 bits per heavy atom. The second-order valence-corrected chi connectivity index (χ2v) is 7.08. The Morgan fingerprint density at radius 1 is 1.15 bits per heavy atom. The first-order valence-corrected chi connectivity index (χ1v) is 9.76. The highest BCUT2D eigenvalue weighted by Gasteiger charge is 2.15. The molecule has 5 nitrogen and oxygen atoms in total. The first kappa shape index (κ1) is 17.9. The van der Waals surface area contributed by atoms with Crippen molar-refractivity contribution in [2.75, 3.05) is 18.5 Å². The molecule has 0 amide bonds. The molecule has 140 valence electrons. The summed E-state index contributed by atoms with van der Waals surface area (Å²) in [5.41, 5.74) is 4.20. The van der Waals surface area contributed by atoms with Gasteiger partial charge in [-0.3, -0.25) is 0 Å². The van der Waals surface area contributed by atoms with E-state index in [2.05, 4.69) is 34.5 Å². The van der Waals surface area contributed by atoms with Crippen LogP contribution < -0.4 is 10.1 Å². The molecule has 0 atom stereocenters. The van der Waals surface area contributed by atoms with Crippen molar-refractivity contribution in [3.05, 3.63) is 47.0 Å². The average Bonchev–Trinajstić information content (AvgIpc) is 3.35. The van der Waals surface area contributed by atoms with Crippen molar-refractivity contribution >= 4 is 17.3 Å².